The molecule has 3 rings (SSSR count). The van der Waals surface area contributed by atoms with Gasteiger partial charge in [0.15, 0.2) is 0 Å². The molecule has 0 fully saturated rings. The van der Waals surface area contributed by atoms with Gasteiger partial charge in [0.1, 0.15) is 5.54 Å². The molecular weight excluding hydrogens is 276 g/mol. The molecule has 1 aromatic heterocycles. The number of fused-ring (bicyclic) bond motifs is 1. The molecule has 1 unspecified atom stereocenters. The van der Waals surface area contributed by atoms with E-state index >= 15 is 0 Å². The van der Waals surface area contributed by atoms with Crippen LogP contribution in [0.1, 0.15) is 42.7 Å². The second-order valence-electron chi connectivity index (χ2n) is 6.38. The van der Waals surface area contributed by atoms with Crippen LogP contribution in [-0.2, 0) is 17.5 Å². The SMILES string of the molecule is CC1(C)CCC(C#N)(NCc2cccs2)c2ccccc21. The van der Waals surface area contributed by atoms with E-state index in [1.165, 1.54) is 10.4 Å². The van der Waals surface area contributed by atoms with E-state index in [-0.39, 0.29) is 5.41 Å². The third kappa shape index (κ3) is 2.50. The Labute approximate surface area is 130 Å². The molecule has 1 aromatic carbocycles. The molecule has 21 heavy (non-hydrogen) atoms. The predicted octanol–water partition coefficient (Wildman–Crippen LogP) is 4.33. The zero-order valence-electron chi connectivity index (χ0n) is 12.5. The fourth-order valence-electron chi connectivity index (χ4n) is 3.21. The summed E-state index contributed by atoms with van der Waals surface area (Å²) in [6.07, 6.45) is 1.88. The molecule has 2 aromatic rings. The highest BCUT2D eigenvalue weighted by Gasteiger charge is 2.42. The number of rotatable bonds is 3. The van der Waals surface area contributed by atoms with Crippen LogP contribution in [0.2, 0.25) is 0 Å². The van der Waals surface area contributed by atoms with Gasteiger partial charge in [-0.15, -0.1) is 11.3 Å². The van der Waals surface area contributed by atoms with Gasteiger partial charge in [-0.25, -0.2) is 0 Å². The first-order chi connectivity index (χ1) is 10.1. The summed E-state index contributed by atoms with van der Waals surface area (Å²) in [5, 5.41) is 15.5. The van der Waals surface area contributed by atoms with E-state index in [0.717, 1.165) is 24.9 Å². The van der Waals surface area contributed by atoms with Crippen LogP contribution >= 0.6 is 11.3 Å². The molecule has 1 atom stereocenters. The second kappa shape index (κ2) is 5.29. The highest BCUT2D eigenvalue weighted by molar-refractivity contribution is 7.09. The van der Waals surface area contributed by atoms with Crippen molar-refractivity contribution in [2.45, 2.75) is 44.2 Å². The minimum absolute atomic E-state index is 0.140. The first-order valence-corrected chi connectivity index (χ1v) is 8.24. The summed E-state index contributed by atoms with van der Waals surface area (Å²) in [5.74, 6) is 0. The molecule has 2 nitrogen and oxygen atoms in total. The van der Waals surface area contributed by atoms with Crippen LogP contribution in [0.5, 0.6) is 0 Å². The average molecular weight is 296 g/mol. The van der Waals surface area contributed by atoms with Crippen LogP contribution in [0.3, 0.4) is 0 Å². The summed E-state index contributed by atoms with van der Waals surface area (Å²) >= 11 is 1.73. The summed E-state index contributed by atoms with van der Waals surface area (Å²) in [5.41, 5.74) is 2.04. The van der Waals surface area contributed by atoms with Gasteiger partial charge in [-0.2, -0.15) is 5.26 Å². The molecule has 0 saturated heterocycles. The number of nitrogens with one attached hydrogen (secondary N) is 1. The Kier molecular flexibility index (Phi) is 3.61. The summed E-state index contributed by atoms with van der Waals surface area (Å²) < 4.78 is 0. The van der Waals surface area contributed by atoms with E-state index in [1.54, 1.807) is 11.3 Å². The molecular formula is C18H20N2S. The van der Waals surface area contributed by atoms with Gasteiger partial charge in [0, 0.05) is 11.4 Å². The molecule has 0 spiro atoms. The molecule has 0 saturated carbocycles. The number of nitriles is 1. The molecule has 1 heterocycles. The third-order valence-electron chi connectivity index (χ3n) is 4.58. The Balaban J connectivity index is 1.97. The summed E-state index contributed by atoms with van der Waals surface area (Å²) in [7, 11) is 0. The van der Waals surface area contributed by atoms with Crippen molar-refractivity contribution >= 4 is 11.3 Å². The van der Waals surface area contributed by atoms with Gasteiger partial charge in [-0.3, -0.25) is 5.32 Å². The summed E-state index contributed by atoms with van der Waals surface area (Å²) in [6, 6.07) is 15.1. The van der Waals surface area contributed by atoms with Crippen LogP contribution in [0.25, 0.3) is 0 Å². The monoisotopic (exact) mass is 296 g/mol. The van der Waals surface area contributed by atoms with E-state index in [1.807, 2.05) is 6.07 Å². The van der Waals surface area contributed by atoms with Crippen molar-refractivity contribution in [3.8, 4) is 6.07 Å². The van der Waals surface area contributed by atoms with Crippen LogP contribution in [-0.4, -0.2) is 0 Å². The molecule has 0 radical (unpaired) electrons. The van der Waals surface area contributed by atoms with Crippen LogP contribution < -0.4 is 5.32 Å². The van der Waals surface area contributed by atoms with Gasteiger partial charge >= 0.3 is 0 Å². The number of nitrogens with zero attached hydrogens (tertiary/aromatic N) is 1. The van der Waals surface area contributed by atoms with Gasteiger partial charge in [0.25, 0.3) is 0 Å². The lowest BCUT2D eigenvalue weighted by Gasteiger charge is -2.42. The van der Waals surface area contributed by atoms with Gasteiger partial charge in [0.05, 0.1) is 6.07 Å². The normalized spacial score (nSPS) is 23.3. The van der Waals surface area contributed by atoms with E-state index in [2.05, 4.69) is 60.9 Å². The summed E-state index contributed by atoms with van der Waals surface area (Å²) in [6.45, 7) is 5.29. The molecule has 0 aliphatic heterocycles. The first-order valence-electron chi connectivity index (χ1n) is 7.36. The summed E-state index contributed by atoms with van der Waals surface area (Å²) in [4.78, 5) is 1.27. The molecule has 1 N–H and O–H groups in total. The Hall–Kier alpha value is -1.63. The van der Waals surface area contributed by atoms with Crippen molar-refractivity contribution in [1.82, 2.24) is 5.32 Å². The van der Waals surface area contributed by atoms with Gasteiger partial charge in [0.2, 0.25) is 0 Å². The Morgan fingerprint density at radius 3 is 2.57 bits per heavy atom. The minimum Gasteiger partial charge on any atom is -0.291 e. The van der Waals surface area contributed by atoms with Gasteiger partial charge < -0.3 is 0 Å². The topological polar surface area (TPSA) is 35.8 Å². The maximum Gasteiger partial charge on any atom is 0.132 e. The maximum absolute atomic E-state index is 9.88. The van der Waals surface area contributed by atoms with E-state index in [0.29, 0.717) is 0 Å². The van der Waals surface area contributed by atoms with Crippen LogP contribution in [0.15, 0.2) is 41.8 Å². The molecule has 0 amide bonds. The third-order valence-corrected chi connectivity index (χ3v) is 5.45. The predicted molar refractivity (Wildman–Crippen MR) is 87.2 cm³/mol. The fourth-order valence-corrected chi connectivity index (χ4v) is 3.85. The van der Waals surface area contributed by atoms with Gasteiger partial charge in [-0.05, 0) is 40.8 Å². The van der Waals surface area contributed by atoms with Crippen molar-refractivity contribution in [3.63, 3.8) is 0 Å². The molecule has 1 aliphatic rings. The number of benzene rings is 1. The van der Waals surface area contributed by atoms with E-state index in [9.17, 15) is 5.26 Å². The smallest absolute Gasteiger partial charge is 0.132 e. The van der Waals surface area contributed by atoms with Gasteiger partial charge in [-0.1, -0.05) is 44.2 Å². The average Bonchev–Trinajstić information content (AvgIpc) is 3.01. The quantitative estimate of drug-likeness (QED) is 0.915. The number of hydrogen-bond acceptors (Lipinski definition) is 3. The maximum atomic E-state index is 9.88. The van der Waals surface area contributed by atoms with Crippen molar-refractivity contribution < 1.29 is 0 Å². The zero-order valence-corrected chi connectivity index (χ0v) is 13.3. The lowest BCUT2D eigenvalue weighted by atomic mass is 9.66. The molecule has 108 valence electrons. The highest BCUT2D eigenvalue weighted by atomic mass is 32.1. The van der Waals surface area contributed by atoms with E-state index < -0.39 is 5.54 Å². The van der Waals surface area contributed by atoms with E-state index in [4.69, 9.17) is 0 Å². The van der Waals surface area contributed by atoms with Crippen molar-refractivity contribution in [3.05, 3.63) is 57.8 Å². The second-order valence-corrected chi connectivity index (χ2v) is 7.41. The van der Waals surface area contributed by atoms with Crippen molar-refractivity contribution in [2.24, 2.45) is 0 Å². The lowest BCUT2D eigenvalue weighted by molar-refractivity contribution is 0.299. The number of hydrogen-bond donors (Lipinski definition) is 1. The van der Waals surface area contributed by atoms with Crippen LogP contribution in [0, 0.1) is 11.3 Å². The fraction of sp³-hybridized carbons (Fsp3) is 0.389. The largest absolute Gasteiger partial charge is 0.291 e. The first kappa shape index (κ1) is 14.3. The lowest BCUT2D eigenvalue weighted by Crippen LogP contribution is -2.46. The molecule has 3 heteroatoms. The Bertz CT molecular complexity index is 667. The number of thiophene rings is 1. The van der Waals surface area contributed by atoms with Crippen molar-refractivity contribution in [1.29, 1.82) is 5.26 Å². The van der Waals surface area contributed by atoms with Crippen LogP contribution in [0.4, 0.5) is 0 Å². The minimum atomic E-state index is -0.559. The Morgan fingerprint density at radius 1 is 1.14 bits per heavy atom. The highest BCUT2D eigenvalue weighted by Crippen LogP contribution is 2.44. The zero-order chi connectivity index (χ0) is 14.9. The Morgan fingerprint density at radius 2 is 1.90 bits per heavy atom. The molecule has 0 bridgehead atoms. The standard InChI is InChI=1S/C18H20N2S/c1-17(2)9-10-18(13-19,16-8-4-3-7-15(16)17)20-12-14-6-5-11-21-14/h3-8,11,20H,9-10,12H2,1-2H3. The van der Waals surface area contributed by atoms with Crippen molar-refractivity contribution in [2.75, 3.05) is 0 Å². The molecule has 1 aliphatic carbocycles.